The third-order valence-corrected chi connectivity index (χ3v) is 21.4. The molecule has 0 aromatic carbocycles. The van der Waals surface area contributed by atoms with Gasteiger partial charge in [-0.1, -0.05) is 355 Å². The molecule has 0 saturated carbocycles. The summed E-state index contributed by atoms with van der Waals surface area (Å²) >= 11 is 0. The van der Waals surface area contributed by atoms with Crippen molar-refractivity contribution in [1.82, 2.24) is 0 Å². The summed E-state index contributed by atoms with van der Waals surface area (Å²) in [6.45, 7) is 11.9. The zero-order valence-corrected chi connectivity index (χ0v) is 68.4. The highest BCUT2D eigenvalue weighted by atomic mass is 31.2. The van der Waals surface area contributed by atoms with Crippen molar-refractivity contribution in [2.45, 2.75) is 426 Å². The molecule has 0 amide bonds. The molecule has 0 radical (unpaired) electrons. The van der Waals surface area contributed by atoms with Crippen molar-refractivity contribution >= 4 is 39.5 Å². The van der Waals surface area contributed by atoms with E-state index in [1.54, 1.807) is 0 Å². The highest BCUT2D eigenvalue weighted by Crippen LogP contribution is 2.45. The second-order valence-electron chi connectivity index (χ2n) is 30.1. The molecule has 0 aromatic rings. The summed E-state index contributed by atoms with van der Waals surface area (Å²) in [6.07, 6.45) is 64.6. The van der Waals surface area contributed by atoms with Gasteiger partial charge in [-0.25, -0.2) is 9.13 Å². The molecule has 7 atom stereocenters. The summed E-state index contributed by atoms with van der Waals surface area (Å²) in [5.74, 6) is 0.241. The topological polar surface area (TPSA) is 237 Å². The number of esters is 4. The van der Waals surface area contributed by atoms with Gasteiger partial charge in [-0.05, 0) is 69.1 Å². The molecule has 0 rings (SSSR count). The number of carbonyl (C=O) groups excluding carboxylic acids is 4. The zero-order valence-electron chi connectivity index (χ0n) is 66.6. The van der Waals surface area contributed by atoms with Crippen LogP contribution in [0.5, 0.6) is 0 Å². The molecule has 0 heterocycles. The van der Waals surface area contributed by atoms with Gasteiger partial charge < -0.3 is 33.8 Å². The molecule has 102 heavy (non-hydrogen) atoms. The molecule has 0 saturated heterocycles. The first-order valence-corrected chi connectivity index (χ1v) is 45.2. The SMILES string of the molecule is CCCCCC/C=C\C=C/CCCCCCCC(=O)OC[C@H](COP(=O)(O)OC[C@@H](O)COP(=O)(O)OC[C@@H](COC(=O)CCCCCCCCC(C)CC)OC(=O)CCCCCCCCCCCCCCCCCCC(C)C)OC(=O)CCCCCCCCCCCCCCCCC(C)CC. The summed E-state index contributed by atoms with van der Waals surface area (Å²) in [5.41, 5.74) is 0. The normalized spacial score (nSPS) is 14.6. The van der Waals surface area contributed by atoms with Crippen LogP contribution in [-0.2, 0) is 65.4 Å². The molecule has 0 bridgehead atoms. The van der Waals surface area contributed by atoms with Gasteiger partial charge in [0.2, 0.25) is 0 Å². The smallest absolute Gasteiger partial charge is 0.462 e. The van der Waals surface area contributed by atoms with Crippen molar-refractivity contribution in [3.05, 3.63) is 24.3 Å². The first-order chi connectivity index (χ1) is 49.3. The van der Waals surface area contributed by atoms with Gasteiger partial charge in [0.25, 0.3) is 0 Å². The third kappa shape index (κ3) is 73.1. The Morgan fingerprint density at radius 1 is 0.324 bits per heavy atom. The number of aliphatic hydroxyl groups excluding tert-OH is 1. The van der Waals surface area contributed by atoms with E-state index in [1.807, 2.05) is 0 Å². The van der Waals surface area contributed by atoms with Crippen LogP contribution in [0.1, 0.15) is 408 Å². The molecule has 4 unspecified atom stereocenters. The Bertz CT molecular complexity index is 2070. The number of ether oxygens (including phenoxy) is 4. The Hall–Kier alpha value is -2.46. The molecule has 17 nitrogen and oxygen atoms in total. The number of hydrogen-bond acceptors (Lipinski definition) is 15. The van der Waals surface area contributed by atoms with Crippen LogP contribution in [0.2, 0.25) is 0 Å². The summed E-state index contributed by atoms with van der Waals surface area (Å²) in [7, 11) is -9.94. The van der Waals surface area contributed by atoms with Gasteiger partial charge in [-0.15, -0.1) is 0 Å². The van der Waals surface area contributed by atoms with E-state index in [-0.39, 0.29) is 25.7 Å². The second kappa shape index (κ2) is 72.7. The Morgan fingerprint density at radius 2 is 0.578 bits per heavy atom. The van der Waals surface area contributed by atoms with Crippen molar-refractivity contribution in [2.75, 3.05) is 39.6 Å². The standard InChI is InChI=1S/C83H158O17P2/c1-8-11-12-13-14-15-16-17-20-27-32-37-42-50-57-64-80(85)93-70-78(99-82(87)66-60-53-44-39-34-29-24-23-26-31-36-41-48-55-62-75(6)9-2)72-97-101(89,90)95-68-77(84)69-96-102(91,92)98-73-79(71-94-81(86)65-58-51-46-45-49-56-63-76(7)10-3)100-83(88)67-59-52-43-38-33-28-22-19-18-21-25-30-35-40-47-54-61-74(4)5/h15-17,20,74-79,84H,8-14,18-19,21-73H2,1-7H3,(H,89,90)(H,91,92)/b16-15-,20-17-/t75?,76?,77-,78-,79-/m1/s1. The van der Waals surface area contributed by atoms with Gasteiger partial charge in [0, 0.05) is 25.7 Å². The Morgan fingerprint density at radius 3 is 0.873 bits per heavy atom. The number of phosphoric acid groups is 2. The van der Waals surface area contributed by atoms with Crippen LogP contribution in [0.25, 0.3) is 0 Å². The molecule has 0 aliphatic carbocycles. The predicted molar refractivity (Wildman–Crippen MR) is 418 cm³/mol. The number of hydrogen-bond donors (Lipinski definition) is 3. The van der Waals surface area contributed by atoms with Crippen molar-refractivity contribution in [3.8, 4) is 0 Å². The van der Waals surface area contributed by atoms with Crippen molar-refractivity contribution in [3.63, 3.8) is 0 Å². The van der Waals surface area contributed by atoms with E-state index in [9.17, 15) is 43.2 Å². The van der Waals surface area contributed by atoms with Crippen LogP contribution in [0, 0.1) is 17.8 Å². The molecule has 3 N–H and O–H groups in total. The average molecular weight is 1490 g/mol. The summed E-state index contributed by atoms with van der Waals surface area (Å²) in [4.78, 5) is 73.1. The fourth-order valence-corrected chi connectivity index (χ4v) is 13.8. The number of rotatable bonds is 79. The highest BCUT2D eigenvalue weighted by molar-refractivity contribution is 7.47. The van der Waals surface area contributed by atoms with Gasteiger partial charge in [-0.2, -0.15) is 0 Å². The Kier molecular flexibility index (Phi) is 71.0. The van der Waals surface area contributed by atoms with Crippen molar-refractivity contribution < 1.29 is 80.2 Å². The van der Waals surface area contributed by atoms with Gasteiger partial charge in [-0.3, -0.25) is 37.3 Å². The molecular weight excluding hydrogens is 1330 g/mol. The van der Waals surface area contributed by atoms with Crippen LogP contribution in [0.15, 0.2) is 24.3 Å². The van der Waals surface area contributed by atoms with E-state index in [0.29, 0.717) is 25.7 Å². The lowest BCUT2D eigenvalue weighted by atomic mass is 9.99. The number of allylic oxidation sites excluding steroid dienone is 4. The molecule has 0 aliphatic rings. The maximum absolute atomic E-state index is 13.1. The molecule has 0 aromatic heterocycles. The van der Waals surface area contributed by atoms with Gasteiger partial charge >= 0.3 is 39.5 Å². The monoisotopic (exact) mass is 1490 g/mol. The quantitative estimate of drug-likeness (QED) is 0.0169. The Balaban J connectivity index is 5.27. The first-order valence-electron chi connectivity index (χ1n) is 42.2. The van der Waals surface area contributed by atoms with Gasteiger partial charge in [0.15, 0.2) is 12.2 Å². The van der Waals surface area contributed by atoms with Gasteiger partial charge in [0.1, 0.15) is 19.3 Å². The van der Waals surface area contributed by atoms with Crippen LogP contribution in [0.3, 0.4) is 0 Å². The van der Waals surface area contributed by atoms with E-state index >= 15 is 0 Å². The minimum Gasteiger partial charge on any atom is -0.462 e. The van der Waals surface area contributed by atoms with Crippen LogP contribution in [0.4, 0.5) is 0 Å². The van der Waals surface area contributed by atoms with E-state index in [4.69, 9.17) is 37.0 Å². The molecule has 0 aliphatic heterocycles. The van der Waals surface area contributed by atoms with E-state index in [2.05, 4.69) is 72.8 Å². The lowest BCUT2D eigenvalue weighted by Gasteiger charge is -2.21. The maximum atomic E-state index is 13.1. The lowest BCUT2D eigenvalue weighted by Crippen LogP contribution is -2.30. The fraction of sp³-hybridized carbons (Fsp3) is 0.904. The van der Waals surface area contributed by atoms with E-state index < -0.39 is 97.5 Å². The van der Waals surface area contributed by atoms with Crippen molar-refractivity contribution in [2.24, 2.45) is 17.8 Å². The van der Waals surface area contributed by atoms with Crippen LogP contribution >= 0.6 is 15.6 Å². The lowest BCUT2D eigenvalue weighted by molar-refractivity contribution is -0.161. The van der Waals surface area contributed by atoms with Crippen LogP contribution < -0.4 is 0 Å². The Labute approximate surface area is 624 Å². The van der Waals surface area contributed by atoms with E-state index in [0.717, 1.165) is 133 Å². The maximum Gasteiger partial charge on any atom is 0.472 e. The average Bonchev–Trinajstić information content (AvgIpc) is 0.918. The highest BCUT2D eigenvalue weighted by Gasteiger charge is 2.30. The molecule has 19 heteroatoms. The summed E-state index contributed by atoms with van der Waals surface area (Å²) in [6, 6.07) is 0. The largest absolute Gasteiger partial charge is 0.472 e. The predicted octanol–water partition coefficient (Wildman–Crippen LogP) is 24.5. The minimum atomic E-state index is -4.97. The third-order valence-electron chi connectivity index (χ3n) is 19.5. The van der Waals surface area contributed by atoms with E-state index in [1.165, 1.54) is 193 Å². The molecule has 0 spiro atoms. The summed E-state index contributed by atoms with van der Waals surface area (Å²) < 4.78 is 68.7. The number of aliphatic hydroxyl groups is 1. The zero-order chi connectivity index (χ0) is 75.1. The number of unbranched alkanes of at least 4 members (excludes halogenated alkanes) is 42. The van der Waals surface area contributed by atoms with Gasteiger partial charge in [0.05, 0.1) is 26.4 Å². The summed E-state index contributed by atoms with van der Waals surface area (Å²) in [5, 5.41) is 10.7. The molecular formula is C83H158O17P2. The molecule has 602 valence electrons. The number of phosphoric ester groups is 2. The van der Waals surface area contributed by atoms with Crippen LogP contribution in [-0.4, -0.2) is 96.7 Å². The second-order valence-corrected chi connectivity index (χ2v) is 33.0. The first kappa shape index (κ1) is 99.5. The fourth-order valence-electron chi connectivity index (χ4n) is 12.2. The minimum absolute atomic E-state index is 0.101. The van der Waals surface area contributed by atoms with Crippen molar-refractivity contribution in [1.29, 1.82) is 0 Å². The molecule has 0 fully saturated rings. The number of carbonyl (C=O) groups is 4.